The normalized spacial score (nSPS) is 16.9. The fourth-order valence-corrected chi connectivity index (χ4v) is 6.98. The van der Waals surface area contributed by atoms with Crippen LogP contribution in [0.25, 0.3) is 22.1 Å². The summed E-state index contributed by atoms with van der Waals surface area (Å²) in [5.41, 5.74) is 1.12. The van der Waals surface area contributed by atoms with Crippen molar-refractivity contribution in [3.05, 3.63) is 47.2 Å². The zero-order valence-electron chi connectivity index (χ0n) is 36.8. The standard InChI is InChI=1S/2C20H26ClN7O4/c2*1-5-30-17-12-6-7-22-16(12)25-18(26-17)24-13-10-23-28(15(13)21)14-11-27(8-9-31-14)19(29)32-20(2,3)4/h2*6-7,10,14H,5,8-9,11H2,1-4H3,(H2,22,24,25,26). The number of H-pyrrole nitrogens is 2. The largest absolute Gasteiger partial charge is 0.477 e. The van der Waals surface area contributed by atoms with Crippen molar-refractivity contribution in [1.29, 1.82) is 0 Å². The smallest absolute Gasteiger partial charge is 0.410 e. The number of amides is 2. The Morgan fingerprint density at radius 2 is 1.11 bits per heavy atom. The van der Waals surface area contributed by atoms with Crippen molar-refractivity contribution in [2.75, 3.05) is 63.2 Å². The molecule has 22 nitrogen and oxygen atoms in total. The Morgan fingerprint density at radius 1 is 0.703 bits per heavy atom. The van der Waals surface area contributed by atoms with Gasteiger partial charge in [-0.3, -0.25) is 0 Å². The maximum absolute atomic E-state index is 12.4. The predicted octanol–water partition coefficient (Wildman–Crippen LogP) is 7.43. The molecule has 0 saturated carbocycles. The average molecular weight is 928 g/mol. The van der Waals surface area contributed by atoms with E-state index in [4.69, 9.17) is 51.6 Å². The highest BCUT2D eigenvalue weighted by Crippen LogP contribution is 2.33. The van der Waals surface area contributed by atoms with Crippen molar-refractivity contribution in [3.8, 4) is 11.8 Å². The lowest BCUT2D eigenvalue weighted by atomic mass is 10.2. The first-order valence-electron chi connectivity index (χ1n) is 20.6. The van der Waals surface area contributed by atoms with Gasteiger partial charge in [0.2, 0.25) is 23.7 Å². The second-order valence-corrected chi connectivity index (χ2v) is 17.1. The van der Waals surface area contributed by atoms with Gasteiger partial charge in [-0.05, 0) is 67.5 Å². The number of fused-ring (bicyclic) bond motifs is 2. The molecular weight excluding hydrogens is 875 g/mol. The predicted molar refractivity (Wildman–Crippen MR) is 237 cm³/mol. The monoisotopic (exact) mass is 926 g/mol. The molecule has 4 N–H and O–H groups in total. The number of aromatic amines is 2. The summed E-state index contributed by atoms with van der Waals surface area (Å²) in [4.78, 5) is 51.9. The molecule has 0 bridgehead atoms. The molecule has 2 saturated heterocycles. The van der Waals surface area contributed by atoms with Crippen LogP contribution in [-0.4, -0.2) is 135 Å². The van der Waals surface area contributed by atoms with Crippen LogP contribution in [-0.2, 0) is 18.9 Å². The van der Waals surface area contributed by atoms with Gasteiger partial charge < -0.3 is 58.8 Å². The van der Waals surface area contributed by atoms with Crippen LogP contribution in [0.15, 0.2) is 36.9 Å². The Hall–Kier alpha value is -6.10. The number of hydrogen-bond acceptors (Lipinski definition) is 16. The zero-order chi connectivity index (χ0) is 45.8. The minimum absolute atomic E-state index is 0.259. The molecular formula is C40H52Cl2N14O8. The molecule has 2 aliphatic rings. The van der Waals surface area contributed by atoms with Crippen LogP contribution in [0.1, 0.15) is 67.8 Å². The molecule has 0 spiro atoms. The van der Waals surface area contributed by atoms with Gasteiger partial charge in [0.15, 0.2) is 22.8 Å². The number of hydrogen-bond donors (Lipinski definition) is 4. The summed E-state index contributed by atoms with van der Waals surface area (Å²) >= 11 is 13.1. The number of carbonyl (C=O) groups is 2. The Labute approximate surface area is 378 Å². The second-order valence-electron chi connectivity index (χ2n) is 16.4. The van der Waals surface area contributed by atoms with Gasteiger partial charge >= 0.3 is 12.2 Å². The fraction of sp³-hybridized carbons (Fsp3) is 0.500. The molecule has 2 aliphatic heterocycles. The van der Waals surface area contributed by atoms with Crippen LogP contribution in [0.3, 0.4) is 0 Å². The molecule has 344 valence electrons. The minimum Gasteiger partial charge on any atom is -0.477 e. The molecule has 8 rings (SSSR count). The van der Waals surface area contributed by atoms with Crippen LogP contribution in [0.2, 0.25) is 10.3 Å². The SMILES string of the molecule is CCOc1nc(Nc2cnn(C3CN(C(=O)OC(C)(C)C)CCO3)c2Cl)nc2[nH]ccc12.CCOc1nc(Nc2cnn(C3CN(C(=O)OC(C)(C)C)CCO3)c2Cl)nc2[nH]ccc12. The van der Waals surface area contributed by atoms with E-state index in [-0.39, 0.29) is 13.1 Å². The first-order valence-corrected chi connectivity index (χ1v) is 21.4. The maximum atomic E-state index is 12.4. The summed E-state index contributed by atoms with van der Waals surface area (Å²) in [6.07, 6.45) is 4.75. The van der Waals surface area contributed by atoms with Crippen LogP contribution >= 0.6 is 23.2 Å². The summed E-state index contributed by atoms with van der Waals surface area (Å²) in [7, 11) is 0. The lowest BCUT2D eigenvalue weighted by molar-refractivity contribution is -0.0779. The van der Waals surface area contributed by atoms with Gasteiger partial charge in [-0.1, -0.05) is 23.2 Å². The fourth-order valence-electron chi connectivity index (χ4n) is 6.48. The van der Waals surface area contributed by atoms with Gasteiger partial charge in [0, 0.05) is 25.5 Å². The molecule has 24 heteroatoms. The molecule has 0 radical (unpaired) electrons. The van der Waals surface area contributed by atoms with E-state index in [9.17, 15) is 9.59 Å². The number of nitrogens with one attached hydrogen (secondary N) is 4. The lowest BCUT2D eigenvalue weighted by Gasteiger charge is -2.34. The van der Waals surface area contributed by atoms with Crippen molar-refractivity contribution in [2.24, 2.45) is 0 Å². The van der Waals surface area contributed by atoms with Crippen LogP contribution < -0.4 is 20.1 Å². The van der Waals surface area contributed by atoms with Crippen LogP contribution in [0, 0.1) is 0 Å². The molecule has 0 aliphatic carbocycles. The van der Waals surface area contributed by atoms with Crippen molar-refractivity contribution in [2.45, 2.75) is 79.0 Å². The third-order valence-electron chi connectivity index (χ3n) is 9.23. The van der Waals surface area contributed by atoms with Crippen LogP contribution in [0.4, 0.5) is 32.9 Å². The molecule has 2 unspecified atom stereocenters. The quantitative estimate of drug-likeness (QED) is 0.104. The van der Waals surface area contributed by atoms with Crippen LogP contribution in [0.5, 0.6) is 11.8 Å². The zero-order valence-corrected chi connectivity index (χ0v) is 38.3. The minimum atomic E-state index is -0.577. The molecule has 8 heterocycles. The lowest BCUT2D eigenvalue weighted by Crippen LogP contribution is -2.46. The first-order chi connectivity index (χ1) is 30.5. The highest BCUT2D eigenvalue weighted by atomic mass is 35.5. The molecule has 64 heavy (non-hydrogen) atoms. The Morgan fingerprint density at radius 3 is 1.48 bits per heavy atom. The summed E-state index contributed by atoms with van der Waals surface area (Å²) in [5.74, 6) is 1.55. The summed E-state index contributed by atoms with van der Waals surface area (Å²) < 4.78 is 36.8. The van der Waals surface area contributed by atoms with E-state index in [0.717, 1.165) is 10.8 Å². The van der Waals surface area contributed by atoms with Gasteiger partial charge in [0.25, 0.3) is 0 Å². The van der Waals surface area contributed by atoms with E-state index in [1.54, 1.807) is 34.6 Å². The molecule has 2 fully saturated rings. The number of morpholine rings is 2. The molecule has 6 aromatic heterocycles. The number of rotatable bonds is 10. The summed E-state index contributed by atoms with van der Waals surface area (Å²) in [6, 6.07) is 3.71. The first kappa shape index (κ1) is 45.9. The number of nitrogens with zero attached hydrogens (tertiary/aromatic N) is 10. The van der Waals surface area contributed by atoms with Crippen molar-refractivity contribution < 1.29 is 38.0 Å². The Kier molecular flexibility index (Phi) is 13.9. The maximum Gasteiger partial charge on any atom is 0.410 e. The van der Waals surface area contributed by atoms with Gasteiger partial charge in [-0.25, -0.2) is 19.0 Å². The molecule has 0 aromatic carbocycles. The van der Waals surface area contributed by atoms with E-state index >= 15 is 0 Å². The number of ether oxygens (including phenoxy) is 6. The third kappa shape index (κ3) is 11.0. The highest BCUT2D eigenvalue weighted by molar-refractivity contribution is 6.32. The second kappa shape index (κ2) is 19.3. The number of carbonyl (C=O) groups excluding carboxylic acids is 2. The highest BCUT2D eigenvalue weighted by Gasteiger charge is 2.32. The van der Waals surface area contributed by atoms with Gasteiger partial charge in [0.05, 0.1) is 74.1 Å². The third-order valence-corrected chi connectivity index (χ3v) is 9.98. The van der Waals surface area contributed by atoms with E-state index in [1.807, 2.05) is 67.5 Å². The summed E-state index contributed by atoms with van der Waals surface area (Å²) in [6.45, 7) is 17.8. The average Bonchev–Trinajstić information content (AvgIpc) is 4.06. The van der Waals surface area contributed by atoms with Crippen molar-refractivity contribution >= 4 is 80.7 Å². The number of halogens is 2. The van der Waals surface area contributed by atoms with Gasteiger partial charge in [0.1, 0.15) is 22.5 Å². The van der Waals surface area contributed by atoms with E-state index in [2.05, 4.69) is 50.7 Å². The number of anilines is 4. The van der Waals surface area contributed by atoms with Crippen molar-refractivity contribution in [1.82, 2.24) is 59.3 Å². The summed E-state index contributed by atoms with van der Waals surface area (Å²) in [5, 5.41) is 17.0. The molecule has 2 amide bonds. The molecule has 2 atom stereocenters. The topological polar surface area (TPSA) is 239 Å². The molecule has 6 aromatic rings. The van der Waals surface area contributed by atoms with Gasteiger partial charge in [-0.15, -0.1) is 0 Å². The Bertz CT molecular complexity index is 2390. The number of aromatic nitrogens is 10. The Balaban J connectivity index is 0.000000191. The van der Waals surface area contributed by atoms with E-state index < -0.39 is 35.8 Å². The van der Waals surface area contributed by atoms with Crippen molar-refractivity contribution in [3.63, 3.8) is 0 Å². The van der Waals surface area contributed by atoms with E-state index in [1.165, 1.54) is 9.36 Å². The van der Waals surface area contributed by atoms with E-state index in [0.29, 0.717) is 96.1 Å². The van der Waals surface area contributed by atoms with Gasteiger partial charge in [-0.2, -0.15) is 30.1 Å².